The molecule has 0 fully saturated rings. The van der Waals surface area contributed by atoms with Gasteiger partial charge in [-0.25, -0.2) is 4.79 Å². The molecular formula is C17H25N3O4. The van der Waals surface area contributed by atoms with Gasteiger partial charge in [0.2, 0.25) is 11.8 Å². The number of hydrogen-bond acceptors (Lipinski definition) is 5. The van der Waals surface area contributed by atoms with Crippen molar-refractivity contribution in [3.63, 3.8) is 0 Å². The summed E-state index contributed by atoms with van der Waals surface area (Å²) in [6.45, 7) is 5.01. The van der Waals surface area contributed by atoms with Crippen LogP contribution in [0.25, 0.3) is 0 Å². The zero-order valence-corrected chi connectivity index (χ0v) is 14.5. The number of rotatable bonds is 8. The van der Waals surface area contributed by atoms with E-state index in [9.17, 15) is 14.4 Å². The van der Waals surface area contributed by atoms with Gasteiger partial charge in [-0.2, -0.15) is 0 Å². The predicted octanol–water partition coefficient (Wildman–Crippen LogP) is 0.599. The van der Waals surface area contributed by atoms with Crippen molar-refractivity contribution in [2.24, 2.45) is 0 Å². The molecular weight excluding hydrogens is 310 g/mol. The predicted molar refractivity (Wildman–Crippen MR) is 90.4 cm³/mol. The molecule has 1 aromatic rings. The minimum atomic E-state index is -0.828. The Kier molecular flexibility index (Phi) is 7.91. The van der Waals surface area contributed by atoms with Gasteiger partial charge in [0, 0.05) is 0 Å². The third kappa shape index (κ3) is 6.00. The molecule has 0 saturated carbocycles. The summed E-state index contributed by atoms with van der Waals surface area (Å²) in [5.74, 6) is -0.864. The van der Waals surface area contributed by atoms with Crippen LogP contribution in [-0.4, -0.2) is 43.0 Å². The zero-order valence-electron chi connectivity index (χ0n) is 14.5. The Hall–Kier alpha value is -2.41. The first-order chi connectivity index (χ1) is 11.4. The van der Waals surface area contributed by atoms with E-state index in [1.165, 1.54) is 6.92 Å². The second-order valence-corrected chi connectivity index (χ2v) is 5.44. The summed E-state index contributed by atoms with van der Waals surface area (Å²) in [6, 6.07) is 6.66. The smallest absolute Gasteiger partial charge is 0.333 e. The normalized spacial score (nSPS) is 14.2. The van der Waals surface area contributed by atoms with Crippen LogP contribution >= 0.6 is 0 Å². The minimum absolute atomic E-state index is 0.279. The largest absolute Gasteiger partial charge is 0.425 e. The lowest BCUT2D eigenvalue weighted by molar-refractivity contribution is -0.139. The summed E-state index contributed by atoms with van der Waals surface area (Å²) in [4.78, 5) is 36.1. The summed E-state index contributed by atoms with van der Waals surface area (Å²) in [5, 5.41) is 8.01. The van der Waals surface area contributed by atoms with Gasteiger partial charge in [-0.05, 0) is 39.4 Å². The van der Waals surface area contributed by atoms with Crippen LogP contribution in [-0.2, 0) is 14.4 Å². The van der Waals surface area contributed by atoms with E-state index < -0.39 is 30.0 Å². The molecule has 1 rings (SSSR count). The van der Waals surface area contributed by atoms with Crippen LogP contribution in [0.2, 0.25) is 0 Å². The second kappa shape index (κ2) is 9.67. The Morgan fingerprint density at radius 3 is 2.17 bits per heavy atom. The summed E-state index contributed by atoms with van der Waals surface area (Å²) in [5.41, 5.74) is 0. The van der Waals surface area contributed by atoms with Crippen LogP contribution < -0.4 is 20.7 Å². The molecule has 3 atom stereocenters. The van der Waals surface area contributed by atoms with Gasteiger partial charge >= 0.3 is 5.97 Å². The Morgan fingerprint density at radius 2 is 1.62 bits per heavy atom. The van der Waals surface area contributed by atoms with Crippen LogP contribution in [0, 0.1) is 0 Å². The van der Waals surface area contributed by atoms with Crippen molar-refractivity contribution >= 4 is 17.8 Å². The number of carbonyl (C=O) groups excluding carboxylic acids is 3. The fraction of sp³-hybridized carbons (Fsp3) is 0.471. The molecule has 0 bridgehead atoms. The van der Waals surface area contributed by atoms with Crippen LogP contribution in [0.5, 0.6) is 5.75 Å². The number of likely N-dealkylation sites (N-methyl/N-ethyl adjacent to an activating group) is 1. The molecule has 132 valence electrons. The zero-order chi connectivity index (χ0) is 18.1. The molecule has 7 heteroatoms. The van der Waals surface area contributed by atoms with Crippen molar-refractivity contribution in [2.75, 3.05) is 7.05 Å². The van der Waals surface area contributed by atoms with Crippen molar-refractivity contribution in [1.29, 1.82) is 0 Å². The molecule has 0 aromatic heterocycles. The van der Waals surface area contributed by atoms with Gasteiger partial charge in [0.1, 0.15) is 17.8 Å². The first-order valence-corrected chi connectivity index (χ1v) is 7.93. The van der Waals surface area contributed by atoms with Gasteiger partial charge in [0.15, 0.2) is 0 Å². The first kappa shape index (κ1) is 19.6. The van der Waals surface area contributed by atoms with E-state index in [2.05, 4.69) is 16.0 Å². The molecule has 0 aliphatic rings. The molecule has 0 heterocycles. The van der Waals surface area contributed by atoms with Gasteiger partial charge in [-0.1, -0.05) is 25.1 Å². The lowest BCUT2D eigenvalue weighted by Gasteiger charge is -2.21. The number of benzene rings is 1. The Morgan fingerprint density at radius 1 is 1.00 bits per heavy atom. The molecule has 0 saturated heterocycles. The van der Waals surface area contributed by atoms with Crippen molar-refractivity contribution in [3.05, 3.63) is 30.3 Å². The molecule has 7 nitrogen and oxygen atoms in total. The van der Waals surface area contributed by atoms with Gasteiger partial charge in [-0.15, -0.1) is 0 Å². The average Bonchev–Trinajstić information content (AvgIpc) is 2.59. The van der Waals surface area contributed by atoms with Crippen molar-refractivity contribution in [1.82, 2.24) is 16.0 Å². The van der Waals surface area contributed by atoms with E-state index in [0.717, 1.165) is 0 Å². The summed E-state index contributed by atoms with van der Waals surface area (Å²) in [7, 11) is 1.66. The Labute approximate surface area is 142 Å². The van der Waals surface area contributed by atoms with E-state index in [0.29, 0.717) is 12.2 Å². The van der Waals surface area contributed by atoms with E-state index in [4.69, 9.17) is 4.74 Å². The highest BCUT2D eigenvalue weighted by atomic mass is 16.5. The molecule has 1 aromatic carbocycles. The maximum absolute atomic E-state index is 12.2. The Balaban J connectivity index is 2.57. The fourth-order valence-corrected chi connectivity index (χ4v) is 1.85. The number of hydrogen-bond donors (Lipinski definition) is 3. The van der Waals surface area contributed by atoms with Gasteiger partial charge in [-0.3, -0.25) is 9.59 Å². The van der Waals surface area contributed by atoms with Crippen molar-refractivity contribution < 1.29 is 19.1 Å². The van der Waals surface area contributed by atoms with E-state index in [1.54, 1.807) is 45.2 Å². The van der Waals surface area contributed by atoms with E-state index in [-0.39, 0.29) is 5.91 Å². The lowest BCUT2D eigenvalue weighted by atomic mass is 10.1. The van der Waals surface area contributed by atoms with Crippen LogP contribution in [0.4, 0.5) is 0 Å². The quantitative estimate of drug-likeness (QED) is 0.477. The molecule has 24 heavy (non-hydrogen) atoms. The number of esters is 1. The van der Waals surface area contributed by atoms with Crippen LogP contribution in [0.1, 0.15) is 27.2 Å². The van der Waals surface area contributed by atoms with Gasteiger partial charge < -0.3 is 20.7 Å². The summed E-state index contributed by atoms with van der Waals surface area (Å²) >= 11 is 0. The van der Waals surface area contributed by atoms with Crippen LogP contribution in [0.15, 0.2) is 30.3 Å². The summed E-state index contributed by atoms with van der Waals surface area (Å²) in [6.07, 6.45) is 0.411. The highest BCUT2D eigenvalue weighted by Crippen LogP contribution is 2.09. The highest BCUT2D eigenvalue weighted by molar-refractivity contribution is 5.92. The van der Waals surface area contributed by atoms with Gasteiger partial charge in [0.25, 0.3) is 0 Å². The lowest BCUT2D eigenvalue weighted by Crippen LogP contribution is -2.53. The molecule has 0 aliphatic carbocycles. The number of nitrogens with one attached hydrogen (secondary N) is 3. The third-order valence-corrected chi connectivity index (χ3v) is 3.54. The Bertz CT molecular complexity index is 562. The van der Waals surface area contributed by atoms with Crippen molar-refractivity contribution in [3.8, 4) is 5.75 Å². The molecule has 0 aliphatic heterocycles. The topological polar surface area (TPSA) is 96.5 Å². The minimum Gasteiger partial charge on any atom is -0.425 e. The van der Waals surface area contributed by atoms with Gasteiger partial charge in [0.05, 0.1) is 6.04 Å². The molecule has 0 radical (unpaired) electrons. The number of ether oxygens (including phenoxy) is 1. The second-order valence-electron chi connectivity index (χ2n) is 5.44. The first-order valence-electron chi connectivity index (χ1n) is 7.93. The number of para-hydroxylation sites is 1. The van der Waals surface area contributed by atoms with E-state index in [1.807, 2.05) is 6.07 Å². The average molecular weight is 335 g/mol. The standard InChI is InChI=1S/C17H25N3O4/c1-5-14(20-15(21)11(2)18-4)16(22)19-12(3)17(23)24-13-9-7-6-8-10-13/h6-12,14,18H,5H2,1-4H3,(H,19,22)(H,20,21). The number of carbonyl (C=O) groups is 3. The maximum Gasteiger partial charge on any atom is 0.333 e. The number of amides is 2. The monoisotopic (exact) mass is 335 g/mol. The maximum atomic E-state index is 12.2. The van der Waals surface area contributed by atoms with Crippen LogP contribution in [0.3, 0.4) is 0 Å². The fourth-order valence-electron chi connectivity index (χ4n) is 1.85. The SMILES string of the molecule is CCC(NC(=O)C(C)NC)C(=O)NC(C)C(=O)Oc1ccccc1. The summed E-state index contributed by atoms with van der Waals surface area (Å²) < 4.78 is 5.18. The molecule has 3 unspecified atom stereocenters. The van der Waals surface area contributed by atoms with Crippen molar-refractivity contribution in [2.45, 2.75) is 45.3 Å². The molecule has 2 amide bonds. The molecule has 3 N–H and O–H groups in total. The molecule has 0 spiro atoms. The van der Waals surface area contributed by atoms with E-state index >= 15 is 0 Å². The highest BCUT2D eigenvalue weighted by Gasteiger charge is 2.25. The third-order valence-electron chi connectivity index (χ3n) is 3.54.